The van der Waals surface area contributed by atoms with Crippen LogP contribution in [0.1, 0.15) is 0 Å². The summed E-state index contributed by atoms with van der Waals surface area (Å²) >= 11 is 0. The van der Waals surface area contributed by atoms with Gasteiger partial charge in [-0.2, -0.15) is 0 Å². The molecule has 1 aliphatic rings. The Bertz CT molecular complexity index is 344. The zero-order valence-corrected chi connectivity index (χ0v) is 6.04. The summed E-state index contributed by atoms with van der Waals surface area (Å²) in [5, 5.41) is 20.3. The second kappa shape index (κ2) is 3.09. The molecule has 0 amide bonds. The van der Waals surface area contributed by atoms with Gasteiger partial charge < -0.3 is 0 Å². The van der Waals surface area contributed by atoms with Gasteiger partial charge in [-0.3, -0.25) is 25.0 Å². The lowest BCUT2D eigenvalue weighted by Gasteiger charge is -2.02. The van der Waals surface area contributed by atoms with Crippen molar-refractivity contribution in [1.29, 1.82) is 0 Å². The molecule has 0 aromatic carbocycles. The molecule has 0 aromatic heterocycles. The van der Waals surface area contributed by atoms with Gasteiger partial charge in [-0.25, -0.2) is 4.99 Å². The fourth-order valence-corrected chi connectivity index (χ4v) is 0.713. The number of carbonyl (C=O) groups is 1. The molecule has 0 aromatic rings. The Morgan fingerprint density at radius 3 is 2.54 bits per heavy atom. The van der Waals surface area contributed by atoms with Crippen LogP contribution in [0, 0.1) is 26.4 Å². The molecular formula is C5H2N3O5. The first-order valence-corrected chi connectivity index (χ1v) is 3.02. The van der Waals surface area contributed by atoms with Gasteiger partial charge in [-0.1, -0.05) is 0 Å². The summed E-state index contributed by atoms with van der Waals surface area (Å²) in [6.45, 7) is 0. The van der Waals surface area contributed by atoms with Gasteiger partial charge in [-0.05, 0) is 0 Å². The predicted molar refractivity (Wildman–Crippen MR) is 38.0 cm³/mol. The third-order valence-electron chi connectivity index (χ3n) is 1.30. The highest BCUT2D eigenvalue weighted by Crippen LogP contribution is 2.07. The van der Waals surface area contributed by atoms with Crippen LogP contribution in [-0.4, -0.2) is 27.9 Å². The van der Waals surface area contributed by atoms with E-state index >= 15 is 0 Å². The highest BCUT2D eigenvalue weighted by molar-refractivity contribution is 6.07. The number of ketones is 1. The van der Waals surface area contributed by atoms with Gasteiger partial charge in [0.25, 0.3) is 0 Å². The standard InChI is InChI=1S/C5H2N3O5/c9-5-3(7(10)11)1-6-2-4(5)8(12)13/h1,3H. The van der Waals surface area contributed by atoms with Crippen LogP contribution in [-0.2, 0) is 4.79 Å². The number of nitro groups is 2. The Labute approximate surface area is 70.9 Å². The summed E-state index contributed by atoms with van der Waals surface area (Å²) in [5.41, 5.74) is -0.982. The van der Waals surface area contributed by atoms with E-state index < -0.39 is 27.4 Å². The number of carbonyl (C=O) groups excluding carboxylic acids is 1. The SMILES string of the molecule is O=C1C([N+](=O)[O-])=[C]N=CC1[N+](=O)[O-]. The van der Waals surface area contributed by atoms with Gasteiger partial charge in [0.1, 0.15) is 0 Å². The molecule has 67 valence electrons. The van der Waals surface area contributed by atoms with Crippen molar-refractivity contribution in [1.82, 2.24) is 0 Å². The van der Waals surface area contributed by atoms with Gasteiger partial charge in [0.15, 0.2) is 6.20 Å². The number of rotatable bonds is 2. The van der Waals surface area contributed by atoms with Gasteiger partial charge >= 0.3 is 17.5 Å². The van der Waals surface area contributed by atoms with E-state index in [-0.39, 0.29) is 0 Å². The third-order valence-corrected chi connectivity index (χ3v) is 1.30. The normalized spacial score (nSPS) is 21.1. The van der Waals surface area contributed by atoms with E-state index in [9.17, 15) is 25.0 Å². The molecule has 0 bridgehead atoms. The van der Waals surface area contributed by atoms with Crippen molar-refractivity contribution in [3.05, 3.63) is 32.1 Å². The fraction of sp³-hybridized carbons (Fsp3) is 0.200. The zero-order chi connectivity index (χ0) is 10.0. The largest absolute Gasteiger partial charge is 0.347 e. The van der Waals surface area contributed by atoms with Crippen molar-refractivity contribution in [3.63, 3.8) is 0 Å². The summed E-state index contributed by atoms with van der Waals surface area (Å²) in [6, 6.07) is -1.76. The second-order valence-corrected chi connectivity index (χ2v) is 2.09. The molecule has 0 aliphatic carbocycles. The Hall–Kier alpha value is -2.12. The molecule has 0 N–H and O–H groups in total. The van der Waals surface area contributed by atoms with Crippen LogP contribution in [0.2, 0.25) is 0 Å². The van der Waals surface area contributed by atoms with Crippen molar-refractivity contribution >= 4 is 12.0 Å². The maximum Gasteiger partial charge on any atom is 0.347 e. The predicted octanol–water partition coefficient (Wildman–Crippen LogP) is -0.794. The molecule has 8 nitrogen and oxygen atoms in total. The molecule has 1 heterocycles. The van der Waals surface area contributed by atoms with E-state index in [1.54, 1.807) is 6.20 Å². The lowest BCUT2D eigenvalue weighted by atomic mass is 10.1. The number of hydrogen-bond donors (Lipinski definition) is 0. The van der Waals surface area contributed by atoms with Crippen LogP contribution in [0.25, 0.3) is 0 Å². The zero-order valence-electron chi connectivity index (χ0n) is 6.04. The van der Waals surface area contributed by atoms with Crippen LogP contribution >= 0.6 is 0 Å². The summed E-state index contributed by atoms with van der Waals surface area (Å²) in [6.07, 6.45) is 2.49. The van der Waals surface area contributed by atoms with Crippen LogP contribution in [0.4, 0.5) is 0 Å². The first-order chi connectivity index (χ1) is 6.04. The van der Waals surface area contributed by atoms with Crippen LogP contribution in [0.5, 0.6) is 0 Å². The first-order valence-electron chi connectivity index (χ1n) is 3.02. The number of nitrogens with zero attached hydrogens (tertiary/aromatic N) is 3. The van der Waals surface area contributed by atoms with E-state index in [4.69, 9.17) is 0 Å². The lowest BCUT2D eigenvalue weighted by molar-refractivity contribution is -0.491. The Morgan fingerprint density at radius 1 is 1.46 bits per heavy atom. The third kappa shape index (κ3) is 1.55. The van der Waals surface area contributed by atoms with Crippen molar-refractivity contribution in [2.45, 2.75) is 6.04 Å². The summed E-state index contributed by atoms with van der Waals surface area (Å²) in [7, 11) is 0. The highest BCUT2D eigenvalue weighted by Gasteiger charge is 2.40. The van der Waals surface area contributed by atoms with Crippen LogP contribution in [0.3, 0.4) is 0 Å². The number of Topliss-reactive ketones (excluding diaryl/α,β-unsaturated/α-hetero) is 1. The molecule has 1 rings (SSSR count). The first kappa shape index (κ1) is 8.97. The minimum atomic E-state index is -1.76. The fourth-order valence-electron chi connectivity index (χ4n) is 0.713. The summed E-state index contributed by atoms with van der Waals surface area (Å²) < 4.78 is 0. The highest BCUT2D eigenvalue weighted by atomic mass is 16.6. The minimum Gasteiger partial charge on any atom is -0.279 e. The molecule has 0 saturated carbocycles. The Kier molecular flexibility index (Phi) is 2.13. The average molecular weight is 184 g/mol. The van der Waals surface area contributed by atoms with E-state index in [0.29, 0.717) is 6.21 Å². The van der Waals surface area contributed by atoms with Gasteiger partial charge in [0, 0.05) is 4.92 Å². The number of aliphatic imine (C=N–C) groups is 1. The monoisotopic (exact) mass is 184 g/mol. The molecule has 1 unspecified atom stereocenters. The molecule has 1 atom stereocenters. The van der Waals surface area contributed by atoms with Gasteiger partial charge in [-0.15, -0.1) is 0 Å². The average Bonchev–Trinajstić information content (AvgIpc) is 2.03. The molecular weight excluding hydrogens is 182 g/mol. The van der Waals surface area contributed by atoms with E-state index in [2.05, 4.69) is 4.99 Å². The lowest BCUT2D eigenvalue weighted by Crippen LogP contribution is -2.36. The topological polar surface area (TPSA) is 116 Å². The molecule has 0 saturated heterocycles. The second-order valence-electron chi connectivity index (χ2n) is 2.09. The summed E-state index contributed by atoms with van der Waals surface area (Å²) in [4.78, 5) is 32.3. The van der Waals surface area contributed by atoms with E-state index in [1.807, 2.05) is 0 Å². The summed E-state index contributed by atoms with van der Waals surface area (Å²) in [5.74, 6) is -1.20. The molecule has 1 aliphatic heterocycles. The van der Waals surface area contributed by atoms with Crippen LogP contribution in [0.15, 0.2) is 10.7 Å². The van der Waals surface area contributed by atoms with Gasteiger partial charge in [0.2, 0.25) is 0 Å². The Balaban J connectivity index is 3.00. The molecule has 13 heavy (non-hydrogen) atoms. The number of hydrogen-bond acceptors (Lipinski definition) is 6. The minimum absolute atomic E-state index is 0.704. The molecule has 0 spiro atoms. The quantitative estimate of drug-likeness (QED) is 0.411. The maximum atomic E-state index is 10.9. The van der Waals surface area contributed by atoms with Crippen molar-refractivity contribution in [2.24, 2.45) is 4.99 Å². The van der Waals surface area contributed by atoms with Crippen molar-refractivity contribution in [3.8, 4) is 0 Å². The van der Waals surface area contributed by atoms with Gasteiger partial charge in [0.05, 0.1) is 11.1 Å². The molecule has 1 radical (unpaired) electrons. The smallest absolute Gasteiger partial charge is 0.279 e. The maximum absolute atomic E-state index is 10.9. The van der Waals surface area contributed by atoms with Crippen LogP contribution < -0.4 is 0 Å². The van der Waals surface area contributed by atoms with E-state index in [0.717, 1.165) is 0 Å². The van der Waals surface area contributed by atoms with Crippen molar-refractivity contribution < 1.29 is 14.6 Å². The molecule has 0 fully saturated rings. The van der Waals surface area contributed by atoms with E-state index in [1.165, 1.54) is 0 Å². The molecule has 8 heteroatoms. The van der Waals surface area contributed by atoms with Crippen molar-refractivity contribution in [2.75, 3.05) is 0 Å². The Morgan fingerprint density at radius 2 is 2.08 bits per heavy atom.